The van der Waals surface area contributed by atoms with E-state index in [4.69, 9.17) is 15.2 Å². The Balaban J connectivity index is 1.83. The van der Waals surface area contributed by atoms with E-state index in [1.165, 1.54) is 7.11 Å². The van der Waals surface area contributed by atoms with Gasteiger partial charge in [-0.25, -0.2) is 4.98 Å². The van der Waals surface area contributed by atoms with Crippen LogP contribution in [0.3, 0.4) is 0 Å². The molecule has 0 atom stereocenters. The topological polar surface area (TPSA) is 117 Å². The van der Waals surface area contributed by atoms with Crippen LogP contribution < -0.4 is 20.5 Å². The maximum atomic E-state index is 12.9. The molecule has 12 heteroatoms. The van der Waals surface area contributed by atoms with Crippen LogP contribution in [0.15, 0.2) is 24.3 Å². The number of carbonyl (C=O) groups excluding carboxylic acids is 1. The Morgan fingerprint density at radius 2 is 2.00 bits per heavy atom. The molecular weight excluding hydrogens is 393 g/mol. The highest BCUT2D eigenvalue weighted by atomic mass is 19.4. The second kappa shape index (κ2) is 7.81. The minimum absolute atomic E-state index is 0.160. The molecule has 9 nitrogen and oxygen atoms in total. The van der Waals surface area contributed by atoms with Gasteiger partial charge in [0.15, 0.2) is 18.1 Å². The Labute approximate surface area is 162 Å². The molecule has 0 aliphatic rings. The summed E-state index contributed by atoms with van der Waals surface area (Å²) in [5.41, 5.74) is 6.28. The number of alkyl halides is 3. The van der Waals surface area contributed by atoms with E-state index in [2.05, 4.69) is 20.4 Å². The highest BCUT2D eigenvalue weighted by Crippen LogP contribution is 2.29. The number of anilines is 1. The summed E-state index contributed by atoms with van der Waals surface area (Å²) in [7, 11) is 1.44. The average molecular weight is 410 g/mol. The number of benzene rings is 1. The van der Waals surface area contributed by atoms with Crippen LogP contribution in [0.2, 0.25) is 0 Å². The summed E-state index contributed by atoms with van der Waals surface area (Å²) in [5, 5.41) is 6.51. The number of carbonyl (C=O) groups is 1. The Hall–Kier alpha value is -3.57. The van der Waals surface area contributed by atoms with Gasteiger partial charge in [0.2, 0.25) is 0 Å². The minimum Gasteiger partial charge on any atom is -0.493 e. The number of ether oxygens (including phenoxy) is 2. The number of amides is 1. The lowest BCUT2D eigenvalue weighted by Crippen LogP contribution is -2.20. The number of hydrogen-bond donors (Lipinski definition) is 2. The maximum Gasteiger partial charge on any atom is 0.453 e. The van der Waals surface area contributed by atoms with Crippen molar-refractivity contribution in [3.63, 3.8) is 0 Å². The third kappa shape index (κ3) is 4.65. The molecule has 1 aromatic carbocycles. The van der Waals surface area contributed by atoms with Crippen LogP contribution in [0.1, 0.15) is 17.1 Å². The lowest BCUT2D eigenvalue weighted by Gasteiger charge is -2.12. The number of aryl methyl sites for hydroxylation is 1. The fourth-order valence-corrected chi connectivity index (χ4v) is 2.52. The summed E-state index contributed by atoms with van der Waals surface area (Å²) in [6, 6.07) is 6.53. The van der Waals surface area contributed by atoms with Crippen molar-refractivity contribution in [3.05, 3.63) is 41.3 Å². The van der Waals surface area contributed by atoms with Gasteiger partial charge < -0.3 is 20.5 Å². The molecule has 0 saturated heterocycles. The van der Waals surface area contributed by atoms with E-state index < -0.39 is 17.9 Å². The summed E-state index contributed by atoms with van der Waals surface area (Å²) in [4.78, 5) is 18.3. The van der Waals surface area contributed by atoms with Gasteiger partial charge in [0.1, 0.15) is 5.82 Å². The molecule has 0 saturated carbocycles. The van der Waals surface area contributed by atoms with Crippen LogP contribution in [-0.4, -0.2) is 39.2 Å². The molecule has 0 unspecified atom stereocenters. The van der Waals surface area contributed by atoms with E-state index >= 15 is 0 Å². The van der Waals surface area contributed by atoms with E-state index in [1.54, 1.807) is 31.2 Å². The number of nitrogens with one attached hydrogen (secondary N) is 1. The number of halogens is 3. The SMILES string of the molecule is COc1cc(CNc2cc(C)nc3nc(C(F)(F)F)nn23)ccc1OCC(N)=O. The molecule has 3 N–H and O–H groups in total. The molecule has 0 aliphatic heterocycles. The molecule has 1 amide bonds. The number of fused-ring (bicyclic) bond motifs is 1. The minimum atomic E-state index is -4.67. The standard InChI is InChI=1S/C17H17F3N6O3/c1-9-5-14(26-16(23-9)24-15(25-26)17(18,19)20)22-7-10-3-4-11(12(6-10)28-2)29-8-13(21)27/h3-6,22H,7-8H2,1-2H3,(H2,21,27). The van der Waals surface area contributed by atoms with Gasteiger partial charge in [-0.3, -0.25) is 4.79 Å². The molecule has 0 aliphatic carbocycles. The van der Waals surface area contributed by atoms with E-state index in [-0.39, 0.29) is 18.9 Å². The van der Waals surface area contributed by atoms with Crippen molar-refractivity contribution in [3.8, 4) is 11.5 Å². The smallest absolute Gasteiger partial charge is 0.453 e. The van der Waals surface area contributed by atoms with Crippen molar-refractivity contribution in [2.45, 2.75) is 19.6 Å². The molecule has 0 fully saturated rings. The fourth-order valence-electron chi connectivity index (χ4n) is 2.52. The van der Waals surface area contributed by atoms with E-state index in [1.807, 2.05) is 0 Å². The normalized spacial score (nSPS) is 11.5. The van der Waals surface area contributed by atoms with Gasteiger partial charge in [-0.2, -0.15) is 22.7 Å². The number of nitrogens with two attached hydrogens (primary N) is 1. The Kier molecular flexibility index (Phi) is 5.43. The first-order valence-electron chi connectivity index (χ1n) is 8.31. The molecule has 29 heavy (non-hydrogen) atoms. The second-order valence-corrected chi connectivity index (χ2v) is 6.02. The largest absolute Gasteiger partial charge is 0.493 e. The maximum absolute atomic E-state index is 12.9. The summed E-state index contributed by atoms with van der Waals surface area (Å²) in [6.45, 7) is 1.59. The van der Waals surface area contributed by atoms with Gasteiger partial charge in [-0.1, -0.05) is 6.07 Å². The average Bonchev–Trinajstić information content (AvgIpc) is 3.09. The zero-order chi connectivity index (χ0) is 21.2. The van der Waals surface area contributed by atoms with E-state index in [9.17, 15) is 18.0 Å². The van der Waals surface area contributed by atoms with Gasteiger partial charge in [-0.15, -0.1) is 5.10 Å². The van der Waals surface area contributed by atoms with Gasteiger partial charge in [0, 0.05) is 18.3 Å². The quantitative estimate of drug-likeness (QED) is 0.611. The monoisotopic (exact) mass is 410 g/mol. The van der Waals surface area contributed by atoms with Crippen LogP contribution in [-0.2, 0) is 17.5 Å². The number of primary amides is 1. The summed E-state index contributed by atoms with van der Waals surface area (Å²) in [5.74, 6) is -1.04. The Bertz CT molecular complexity index is 1050. The van der Waals surface area contributed by atoms with Crippen molar-refractivity contribution < 1.29 is 27.4 Å². The number of hydrogen-bond acceptors (Lipinski definition) is 7. The van der Waals surface area contributed by atoms with Crippen LogP contribution in [0, 0.1) is 6.92 Å². The third-order valence-corrected chi connectivity index (χ3v) is 3.77. The molecule has 0 spiro atoms. The van der Waals surface area contributed by atoms with Gasteiger partial charge >= 0.3 is 6.18 Å². The van der Waals surface area contributed by atoms with Crippen molar-refractivity contribution in [2.75, 3.05) is 19.0 Å². The Morgan fingerprint density at radius 3 is 2.66 bits per heavy atom. The molecule has 0 radical (unpaired) electrons. The molecule has 154 valence electrons. The second-order valence-electron chi connectivity index (χ2n) is 6.02. The lowest BCUT2D eigenvalue weighted by molar-refractivity contribution is -0.144. The molecule has 3 aromatic rings. The molecular formula is C17H17F3N6O3. The van der Waals surface area contributed by atoms with Crippen molar-refractivity contribution in [1.29, 1.82) is 0 Å². The molecule has 2 aromatic heterocycles. The zero-order valence-corrected chi connectivity index (χ0v) is 15.4. The highest BCUT2D eigenvalue weighted by Gasteiger charge is 2.36. The number of rotatable bonds is 7. The third-order valence-electron chi connectivity index (χ3n) is 3.77. The van der Waals surface area contributed by atoms with E-state index in [0.29, 0.717) is 23.0 Å². The summed E-state index contributed by atoms with van der Waals surface area (Å²) in [6.07, 6.45) is -4.67. The first kappa shape index (κ1) is 20.2. The first-order valence-corrected chi connectivity index (χ1v) is 8.31. The number of methoxy groups -OCH3 is 1. The zero-order valence-electron chi connectivity index (χ0n) is 15.4. The fraction of sp³-hybridized carbons (Fsp3) is 0.294. The number of aromatic nitrogens is 4. The molecule has 0 bridgehead atoms. The van der Waals surface area contributed by atoms with Crippen LogP contribution in [0.5, 0.6) is 11.5 Å². The van der Waals surface area contributed by atoms with Crippen LogP contribution in [0.4, 0.5) is 19.0 Å². The lowest BCUT2D eigenvalue weighted by atomic mass is 10.2. The van der Waals surface area contributed by atoms with Gasteiger partial charge in [-0.05, 0) is 24.6 Å². The van der Waals surface area contributed by atoms with Gasteiger partial charge in [0.25, 0.3) is 17.5 Å². The van der Waals surface area contributed by atoms with Crippen molar-refractivity contribution >= 4 is 17.5 Å². The Morgan fingerprint density at radius 1 is 1.24 bits per heavy atom. The van der Waals surface area contributed by atoms with Crippen LogP contribution in [0.25, 0.3) is 5.78 Å². The molecule has 2 heterocycles. The summed E-state index contributed by atoms with van der Waals surface area (Å²) < 4.78 is 50.2. The predicted octanol–water partition coefficient (Wildman–Crippen LogP) is 1.94. The predicted molar refractivity (Wildman–Crippen MR) is 95.5 cm³/mol. The van der Waals surface area contributed by atoms with Crippen molar-refractivity contribution in [2.24, 2.45) is 5.73 Å². The van der Waals surface area contributed by atoms with Gasteiger partial charge in [0.05, 0.1) is 7.11 Å². The first-order chi connectivity index (χ1) is 13.7. The van der Waals surface area contributed by atoms with Crippen LogP contribution >= 0.6 is 0 Å². The van der Waals surface area contributed by atoms with E-state index in [0.717, 1.165) is 10.1 Å². The summed E-state index contributed by atoms with van der Waals surface area (Å²) >= 11 is 0. The molecule has 3 rings (SSSR count). The van der Waals surface area contributed by atoms with Crippen molar-refractivity contribution in [1.82, 2.24) is 19.6 Å². The highest BCUT2D eigenvalue weighted by molar-refractivity contribution is 5.75. The number of nitrogens with zero attached hydrogens (tertiary/aromatic N) is 4.